The van der Waals surface area contributed by atoms with E-state index in [1.807, 2.05) is 30.3 Å². The van der Waals surface area contributed by atoms with E-state index in [0.29, 0.717) is 17.8 Å². The van der Waals surface area contributed by atoms with Crippen LogP contribution in [-0.2, 0) is 16.0 Å². The molecule has 0 saturated heterocycles. The molecule has 5 aromatic rings. The number of amides is 2. The second-order valence-corrected chi connectivity index (χ2v) is 8.70. The summed E-state index contributed by atoms with van der Waals surface area (Å²) >= 11 is 0. The maximum Gasteiger partial charge on any atom is 0.249 e. The van der Waals surface area contributed by atoms with Crippen molar-refractivity contribution in [3.8, 4) is 11.3 Å². The summed E-state index contributed by atoms with van der Waals surface area (Å²) in [6, 6.07) is 20.8. The van der Waals surface area contributed by atoms with Crippen LogP contribution in [0.2, 0.25) is 0 Å². The second kappa shape index (κ2) is 10.4. The number of H-pyrrole nitrogens is 1. The van der Waals surface area contributed by atoms with Gasteiger partial charge in [0.25, 0.3) is 0 Å². The first-order chi connectivity index (χ1) is 18.0. The van der Waals surface area contributed by atoms with Crippen molar-refractivity contribution < 1.29 is 14.0 Å². The fourth-order valence-corrected chi connectivity index (χ4v) is 4.21. The summed E-state index contributed by atoms with van der Waals surface area (Å²) in [6.07, 6.45) is 3.52. The van der Waals surface area contributed by atoms with Crippen LogP contribution in [0.25, 0.3) is 22.2 Å². The Balaban J connectivity index is 1.24. The largest absolute Gasteiger partial charge is 0.354 e. The summed E-state index contributed by atoms with van der Waals surface area (Å²) in [5.41, 5.74) is 4.80. The number of carbonyl (C=O) groups is 2. The molecule has 1 atom stereocenters. The number of nitrogens with one attached hydrogen (secondary N) is 3. The number of rotatable bonds is 8. The van der Waals surface area contributed by atoms with Gasteiger partial charge in [-0.2, -0.15) is 5.10 Å². The first-order valence-corrected chi connectivity index (χ1v) is 11.9. The van der Waals surface area contributed by atoms with Gasteiger partial charge >= 0.3 is 0 Å². The number of carbonyl (C=O) groups excluding carboxylic acids is 2. The number of nitrogens with zero attached hydrogens (tertiary/aromatic N) is 3. The topological polar surface area (TPSA) is 105 Å². The van der Waals surface area contributed by atoms with Crippen LogP contribution in [-0.4, -0.2) is 31.6 Å². The Morgan fingerprint density at radius 3 is 2.43 bits per heavy atom. The molecule has 0 fully saturated rings. The quantitative estimate of drug-likeness (QED) is 0.270. The molecule has 8 nitrogen and oxygen atoms in total. The normalized spacial score (nSPS) is 11.8. The van der Waals surface area contributed by atoms with Crippen LogP contribution in [0.5, 0.6) is 0 Å². The molecular weight excluding hydrogens is 471 g/mol. The van der Waals surface area contributed by atoms with Gasteiger partial charge in [-0.15, -0.1) is 0 Å². The lowest BCUT2D eigenvalue weighted by atomic mass is 10.0. The average Bonchev–Trinajstić information content (AvgIpc) is 3.57. The third-order valence-corrected chi connectivity index (χ3v) is 6.18. The van der Waals surface area contributed by atoms with Crippen LogP contribution < -0.4 is 10.6 Å². The van der Waals surface area contributed by atoms with E-state index in [1.165, 1.54) is 29.5 Å². The van der Waals surface area contributed by atoms with E-state index in [9.17, 15) is 14.0 Å². The van der Waals surface area contributed by atoms with Gasteiger partial charge < -0.3 is 15.6 Å². The number of halogens is 1. The van der Waals surface area contributed by atoms with E-state index in [1.54, 1.807) is 37.3 Å². The third kappa shape index (κ3) is 5.40. The molecule has 9 heteroatoms. The van der Waals surface area contributed by atoms with Gasteiger partial charge in [0.1, 0.15) is 24.5 Å². The zero-order valence-electron chi connectivity index (χ0n) is 20.1. The summed E-state index contributed by atoms with van der Waals surface area (Å²) in [5.74, 6) is -0.715. The van der Waals surface area contributed by atoms with E-state index in [-0.39, 0.29) is 24.1 Å². The van der Waals surface area contributed by atoms with Crippen molar-refractivity contribution in [2.45, 2.75) is 25.8 Å². The molecule has 186 valence electrons. The predicted molar refractivity (Wildman–Crippen MR) is 140 cm³/mol. The Labute approximate surface area is 212 Å². The highest BCUT2D eigenvalue weighted by molar-refractivity contribution is 5.95. The Morgan fingerprint density at radius 1 is 1.00 bits per heavy atom. The van der Waals surface area contributed by atoms with Gasteiger partial charge in [-0.1, -0.05) is 30.3 Å². The molecule has 0 aliphatic carbocycles. The number of aromatic amines is 1. The molecule has 0 aliphatic rings. The van der Waals surface area contributed by atoms with Crippen LogP contribution in [0.15, 0.2) is 85.5 Å². The van der Waals surface area contributed by atoms with Crippen molar-refractivity contribution in [1.82, 2.24) is 19.7 Å². The number of hydrogen-bond acceptors (Lipinski definition) is 4. The van der Waals surface area contributed by atoms with E-state index in [4.69, 9.17) is 0 Å². The fraction of sp³-hybridized carbons (Fsp3) is 0.143. The van der Waals surface area contributed by atoms with Crippen LogP contribution in [0.4, 0.5) is 15.8 Å². The van der Waals surface area contributed by atoms with Gasteiger partial charge in [-0.05, 0) is 66.9 Å². The van der Waals surface area contributed by atoms with Gasteiger partial charge in [-0.3, -0.25) is 9.59 Å². The molecule has 3 N–H and O–H groups in total. The van der Waals surface area contributed by atoms with E-state index >= 15 is 0 Å². The highest BCUT2D eigenvalue weighted by Crippen LogP contribution is 2.32. The smallest absolute Gasteiger partial charge is 0.249 e. The Bertz CT molecular complexity index is 1530. The molecule has 5 rings (SSSR count). The Hall–Kier alpha value is -4.79. The Morgan fingerprint density at radius 2 is 1.73 bits per heavy atom. The minimum absolute atomic E-state index is 0.165. The first kappa shape index (κ1) is 23.9. The lowest BCUT2D eigenvalue weighted by molar-refractivity contribution is -0.119. The van der Waals surface area contributed by atoms with Crippen molar-refractivity contribution in [1.29, 1.82) is 0 Å². The molecule has 2 amide bonds. The number of aryl methyl sites for hydroxylation is 1. The number of fused-ring (bicyclic) bond motifs is 1. The number of benzene rings is 3. The number of hydrogen-bond donors (Lipinski definition) is 3. The van der Waals surface area contributed by atoms with Crippen molar-refractivity contribution in [3.63, 3.8) is 0 Å². The van der Waals surface area contributed by atoms with Crippen molar-refractivity contribution in [3.05, 3.63) is 96.8 Å². The van der Waals surface area contributed by atoms with Crippen LogP contribution in [0.3, 0.4) is 0 Å². The SMILES string of the molecule is CC(C(=O)Nc1ccc(NC(=O)CCc2c(-c3ccccc3)[nH]c3ccc(F)cc23)cc1)n1cncn1. The van der Waals surface area contributed by atoms with Crippen molar-refractivity contribution >= 4 is 34.1 Å². The summed E-state index contributed by atoms with van der Waals surface area (Å²) in [7, 11) is 0. The van der Waals surface area contributed by atoms with Crippen molar-refractivity contribution in [2.24, 2.45) is 0 Å². The molecule has 37 heavy (non-hydrogen) atoms. The molecule has 1 unspecified atom stereocenters. The van der Waals surface area contributed by atoms with Gasteiger partial charge in [0.05, 0.1) is 0 Å². The predicted octanol–water partition coefficient (Wildman–Crippen LogP) is 5.34. The third-order valence-electron chi connectivity index (χ3n) is 6.18. The molecule has 2 aromatic heterocycles. The fourth-order valence-electron chi connectivity index (χ4n) is 4.21. The second-order valence-electron chi connectivity index (χ2n) is 8.70. The highest BCUT2D eigenvalue weighted by Gasteiger charge is 2.17. The molecule has 2 heterocycles. The molecule has 0 bridgehead atoms. The van der Waals surface area contributed by atoms with Gasteiger partial charge in [0.15, 0.2) is 0 Å². The van der Waals surface area contributed by atoms with Gasteiger partial charge in [0.2, 0.25) is 11.8 Å². The minimum Gasteiger partial charge on any atom is -0.354 e. The average molecular weight is 497 g/mol. The summed E-state index contributed by atoms with van der Waals surface area (Å²) in [6.45, 7) is 1.73. The zero-order chi connectivity index (χ0) is 25.8. The lowest BCUT2D eigenvalue weighted by Crippen LogP contribution is -2.24. The molecule has 0 aliphatic heterocycles. The summed E-state index contributed by atoms with van der Waals surface area (Å²) in [4.78, 5) is 32.4. The maximum absolute atomic E-state index is 14.0. The van der Waals surface area contributed by atoms with Crippen LogP contribution in [0.1, 0.15) is 24.9 Å². The molecular formula is C28H25FN6O2. The molecule has 0 radical (unpaired) electrons. The lowest BCUT2D eigenvalue weighted by Gasteiger charge is -2.12. The van der Waals surface area contributed by atoms with Crippen LogP contribution in [0, 0.1) is 5.82 Å². The maximum atomic E-state index is 14.0. The monoisotopic (exact) mass is 496 g/mol. The zero-order valence-corrected chi connectivity index (χ0v) is 20.1. The minimum atomic E-state index is -0.513. The van der Waals surface area contributed by atoms with Crippen LogP contribution >= 0.6 is 0 Å². The summed E-state index contributed by atoms with van der Waals surface area (Å²) in [5, 5.41) is 10.5. The summed E-state index contributed by atoms with van der Waals surface area (Å²) < 4.78 is 15.5. The van der Waals surface area contributed by atoms with Gasteiger partial charge in [-0.25, -0.2) is 14.1 Å². The number of aromatic nitrogens is 4. The van der Waals surface area contributed by atoms with Gasteiger partial charge in [0, 0.05) is 34.4 Å². The molecule has 0 spiro atoms. The molecule has 0 saturated carbocycles. The highest BCUT2D eigenvalue weighted by atomic mass is 19.1. The first-order valence-electron chi connectivity index (χ1n) is 11.9. The Kier molecular flexibility index (Phi) is 6.76. The van der Waals surface area contributed by atoms with E-state index in [0.717, 1.165) is 27.7 Å². The van der Waals surface area contributed by atoms with E-state index < -0.39 is 6.04 Å². The van der Waals surface area contributed by atoms with Crippen molar-refractivity contribution in [2.75, 3.05) is 10.6 Å². The number of anilines is 2. The molecule has 3 aromatic carbocycles. The van der Waals surface area contributed by atoms with E-state index in [2.05, 4.69) is 25.7 Å². The standard InChI is InChI=1S/C28H25FN6O2/c1-18(35-17-30-16-31-35)28(37)33-22-10-8-21(9-11-22)32-26(36)14-12-23-24-15-20(29)7-13-25(24)34-27(23)19-5-3-2-4-6-19/h2-11,13,15-18,34H,12,14H2,1H3,(H,32,36)(H,33,37).